The number of allylic oxidation sites excluding steroid dienone is 1. The van der Waals surface area contributed by atoms with Gasteiger partial charge in [0.15, 0.2) is 0 Å². The van der Waals surface area contributed by atoms with E-state index in [1.165, 1.54) is 0 Å². The van der Waals surface area contributed by atoms with Crippen LogP contribution in [0.25, 0.3) is 0 Å². The van der Waals surface area contributed by atoms with Crippen molar-refractivity contribution in [2.45, 2.75) is 18.9 Å². The summed E-state index contributed by atoms with van der Waals surface area (Å²) < 4.78 is 0. The number of hydrogen-bond donors (Lipinski definition) is 1. The van der Waals surface area contributed by atoms with E-state index < -0.39 is 6.10 Å². The molecule has 0 aromatic heterocycles. The first kappa shape index (κ1) is 7.26. The third-order valence-electron chi connectivity index (χ3n) is 0.837. The summed E-state index contributed by atoms with van der Waals surface area (Å²) in [6, 6.07) is 0. The van der Waals surface area contributed by atoms with E-state index in [1.54, 1.807) is 6.08 Å². The van der Waals surface area contributed by atoms with Gasteiger partial charge in [-0.2, -0.15) is 0 Å². The van der Waals surface area contributed by atoms with E-state index in [-0.39, 0.29) is 0 Å². The summed E-state index contributed by atoms with van der Waals surface area (Å²) in [5.41, 5.74) is 0. The predicted molar refractivity (Wildman–Crippen MR) is 34.3 cm³/mol. The average Bonchev–Trinajstić information content (AvgIpc) is 1.83. The molecule has 0 heterocycles. The standard InChI is InChI=1S/C7H10O/c1-3-5-6-7(8)4-2/h2-3,7-8H,1,5-6H2. The van der Waals surface area contributed by atoms with Crippen molar-refractivity contribution in [3.8, 4) is 12.3 Å². The summed E-state index contributed by atoms with van der Waals surface area (Å²) in [5.74, 6) is 2.21. The molecule has 1 unspecified atom stereocenters. The van der Waals surface area contributed by atoms with Crippen molar-refractivity contribution in [3.05, 3.63) is 12.7 Å². The molecule has 0 radical (unpaired) electrons. The zero-order valence-corrected chi connectivity index (χ0v) is 4.80. The van der Waals surface area contributed by atoms with Gasteiger partial charge < -0.3 is 5.11 Å². The first-order chi connectivity index (χ1) is 3.81. The molecule has 0 aliphatic carbocycles. The lowest BCUT2D eigenvalue weighted by Crippen LogP contribution is -1.99. The smallest absolute Gasteiger partial charge is 0.114 e. The van der Waals surface area contributed by atoms with E-state index >= 15 is 0 Å². The van der Waals surface area contributed by atoms with E-state index in [4.69, 9.17) is 11.5 Å². The van der Waals surface area contributed by atoms with E-state index in [0.717, 1.165) is 6.42 Å². The topological polar surface area (TPSA) is 20.2 Å². The average molecular weight is 110 g/mol. The highest BCUT2D eigenvalue weighted by atomic mass is 16.3. The van der Waals surface area contributed by atoms with Crippen LogP contribution in [0.5, 0.6) is 0 Å². The van der Waals surface area contributed by atoms with Gasteiger partial charge in [-0.05, 0) is 12.8 Å². The maximum Gasteiger partial charge on any atom is 0.114 e. The third kappa shape index (κ3) is 3.45. The molecule has 0 saturated carbocycles. The van der Waals surface area contributed by atoms with Crippen LogP contribution in [0.3, 0.4) is 0 Å². The van der Waals surface area contributed by atoms with Crippen LogP contribution in [0.2, 0.25) is 0 Å². The Kier molecular flexibility index (Phi) is 4.01. The Balaban J connectivity index is 3.14. The van der Waals surface area contributed by atoms with Crippen LogP contribution in [0.1, 0.15) is 12.8 Å². The molecule has 8 heavy (non-hydrogen) atoms. The zero-order valence-electron chi connectivity index (χ0n) is 4.80. The van der Waals surface area contributed by atoms with Crippen LogP contribution < -0.4 is 0 Å². The second-order valence-electron chi connectivity index (χ2n) is 1.55. The van der Waals surface area contributed by atoms with Crippen LogP contribution in [0, 0.1) is 12.3 Å². The molecule has 0 spiro atoms. The molecule has 44 valence electrons. The highest BCUT2D eigenvalue weighted by Gasteiger charge is 1.92. The van der Waals surface area contributed by atoms with Gasteiger partial charge in [0, 0.05) is 0 Å². The van der Waals surface area contributed by atoms with Gasteiger partial charge in [0.1, 0.15) is 6.10 Å². The zero-order chi connectivity index (χ0) is 6.41. The molecule has 0 aromatic carbocycles. The predicted octanol–water partition coefficient (Wildman–Crippen LogP) is 0.947. The highest BCUT2D eigenvalue weighted by Crippen LogP contribution is 1.94. The largest absolute Gasteiger partial charge is 0.380 e. The quantitative estimate of drug-likeness (QED) is 0.423. The first-order valence-corrected chi connectivity index (χ1v) is 2.56. The van der Waals surface area contributed by atoms with Crippen molar-refractivity contribution >= 4 is 0 Å². The minimum Gasteiger partial charge on any atom is -0.380 e. The number of rotatable bonds is 3. The summed E-state index contributed by atoms with van der Waals surface area (Å²) in [6.07, 6.45) is 7.43. The van der Waals surface area contributed by atoms with Crippen molar-refractivity contribution in [1.29, 1.82) is 0 Å². The second kappa shape index (κ2) is 4.42. The van der Waals surface area contributed by atoms with Crippen molar-refractivity contribution in [2.75, 3.05) is 0 Å². The SMILES string of the molecule is C#CC(O)CCC=C. The lowest BCUT2D eigenvalue weighted by Gasteiger charge is -1.96. The Labute approximate surface area is 50.0 Å². The lowest BCUT2D eigenvalue weighted by atomic mass is 10.2. The van der Waals surface area contributed by atoms with Gasteiger partial charge >= 0.3 is 0 Å². The van der Waals surface area contributed by atoms with E-state index in [9.17, 15) is 0 Å². The van der Waals surface area contributed by atoms with Crippen molar-refractivity contribution in [1.82, 2.24) is 0 Å². The molecule has 0 saturated heterocycles. The number of aliphatic hydroxyl groups excluding tert-OH is 1. The second-order valence-corrected chi connectivity index (χ2v) is 1.55. The Morgan fingerprint density at radius 3 is 2.88 bits per heavy atom. The molecule has 1 heteroatoms. The van der Waals surface area contributed by atoms with Crippen LogP contribution in [-0.4, -0.2) is 11.2 Å². The molecule has 0 amide bonds. The summed E-state index contributed by atoms with van der Waals surface area (Å²) in [6.45, 7) is 3.49. The van der Waals surface area contributed by atoms with Crippen LogP contribution in [0.15, 0.2) is 12.7 Å². The molecule has 0 aliphatic heterocycles. The highest BCUT2D eigenvalue weighted by molar-refractivity contribution is 4.93. The third-order valence-corrected chi connectivity index (χ3v) is 0.837. The fourth-order valence-corrected chi connectivity index (χ4v) is 0.359. The summed E-state index contributed by atoms with van der Waals surface area (Å²) >= 11 is 0. The minimum atomic E-state index is -0.590. The van der Waals surface area contributed by atoms with Crippen LogP contribution in [0.4, 0.5) is 0 Å². The van der Waals surface area contributed by atoms with Crippen LogP contribution in [-0.2, 0) is 0 Å². The van der Waals surface area contributed by atoms with E-state index in [1.807, 2.05) is 0 Å². The van der Waals surface area contributed by atoms with Gasteiger partial charge in [-0.25, -0.2) is 0 Å². The summed E-state index contributed by atoms with van der Waals surface area (Å²) in [4.78, 5) is 0. The van der Waals surface area contributed by atoms with Gasteiger partial charge in [-0.1, -0.05) is 12.0 Å². The van der Waals surface area contributed by atoms with E-state index in [0.29, 0.717) is 6.42 Å². The molecule has 1 nitrogen and oxygen atoms in total. The summed E-state index contributed by atoms with van der Waals surface area (Å²) in [7, 11) is 0. The molecule has 0 rings (SSSR count). The maximum atomic E-state index is 8.71. The molecule has 0 aliphatic rings. The van der Waals surface area contributed by atoms with Crippen molar-refractivity contribution in [3.63, 3.8) is 0 Å². The van der Waals surface area contributed by atoms with Gasteiger partial charge in [0.25, 0.3) is 0 Å². The molecular formula is C7H10O. The lowest BCUT2D eigenvalue weighted by molar-refractivity contribution is 0.223. The van der Waals surface area contributed by atoms with Crippen molar-refractivity contribution in [2.24, 2.45) is 0 Å². The number of hydrogen-bond acceptors (Lipinski definition) is 1. The van der Waals surface area contributed by atoms with Gasteiger partial charge in [0.2, 0.25) is 0 Å². The Morgan fingerprint density at radius 1 is 1.88 bits per heavy atom. The fourth-order valence-electron chi connectivity index (χ4n) is 0.359. The van der Waals surface area contributed by atoms with Gasteiger partial charge in [-0.15, -0.1) is 13.0 Å². The molecule has 0 bridgehead atoms. The van der Waals surface area contributed by atoms with E-state index in [2.05, 4.69) is 12.5 Å². The van der Waals surface area contributed by atoms with Crippen LogP contribution >= 0.6 is 0 Å². The number of terminal acetylenes is 1. The Hall–Kier alpha value is -0.740. The molecule has 0 aromatic rings. The summed E-state index contributed by atoms with van der Waals surface area (Å²) in [5, 5.41) is 8.71. The Morgan fingerprint density at radius 2 is 2.50 bits per heavy atom. The number of aliphatic hydroxyl groups is 1. The molecule has 1 N–H and O–H groups in total. The molecule has 1 atom stereocenters. The minimum absolute atomic E-state index is 0.590. The molecule has 0 fully saturated rings. The normalized spacial score (nSPS) is 12.0. The molecular weight excluding hydrogens is 100 g/mol. The maximum absolute atomic E-state index is 8.71. The fraction of sp³-hybridized carbons (Fsp3) is 0.429. The Bertz CT molecular complexity index is 99.4. The van der Waals surface area contributed by atoms with Gasteiger partial charge in [0.05, 0.1) is 0 Å². The van der Waals surface area contributed by atoms with Crippen molar-refractivity contribution < 1.29 is 5.11 Å². The monoisotopic (exact) mass is 110 g/mol. The first-order valence-electron chi connectivity index (χ1n) is 2.56. The van der Waals surface area contributed by atoms with Gasteiger partial charge in [-0.3, -0.25) is 0 Å².